The van der Waals surface area contributed by atoms with Crippen LogP contribution in [-0.4, -0.2) is 58.4 Å². The Morgan fingerprint density at radius 2 is 1.76 bits per heavy atom. The Morgan fingerprint density at radius 3 is 2.29 bits per heavy atom. The lowest BCUT2D eigenvalue weighted by Gasteiger charge is -2.21. The number of carbonyl (C=O) groups excluding carboxylic acids is 1. The van der Waals surface area contributed by atoms with E-state index in [-0.39, 0.29) is 32.2 Å². The molecule has 0 saturated heterocycles. The number of carboxylic acid groups (broad SMARTS) is 1. The highest BCUT2D eigenvalue weighted by molar-refractivity contribution is 5.95. The molecule has 114 valence electrons. The molecule has 0 aliphatic carbocycles. The minimum atomic E-state index is -1.06. The monoisotopic (exact) mass is 293 g/mol. The zero-order valence-corrected chi connectivity index (χ0v) is 11.8. The number of carboxylic acids is 1. The fraction of sp³-hybridized carbons (Fsp3) is 0.333. The lowest BCUT2D eigenvalue weighted by molar-refractivity contribution is -0.131. The van der Waals surface area contributed by atoms with Gasteiger partial charge in [0.05, 0.1) is 13.2 Å². The van der Waals surface area contributed by atoms with Crippen LogP contribution < -0.4 is 0 Å². The number of hydrogen-bond acceptors (Lipinski definition) is 4. The van der Waals surface area contributed by atoms with Crippen LogP contribution >= 0.6 is 0 Å². The molecular formula is C15H19NO5. The van der Waals surface area contributed by atoms with E-state index in [9.17, 15) is 9.59 Å². The van der Waals surface area contributed by atoms with Crippen LogP contribution in [-0.2, 0) is 4.79 Å². The number of aliphatic hydroxyl groups is 2. The predicted octanol–water partition coefficient (Wildman–Crippen LogP) is 0.520. The van der Waals surface area contributed by atoms with Gasteiger partial charge in [0.2, 0.25) is 0 Å². The van der Waals surface area contributed by atoms with Gasteiger partial charge in [-0.05, 0) is 36.3 Å². The second-order valence-corrected chi connectivity index (χ2v) is 4.54. The van der Waals surface area contributed by atoms with Gasteiger partial charge >= 0.3 is 5.97 Å². The number of aliphatic hydroxyl groups excluding tert-OH is 2. The van der Waals surface area contributed by atoms with Crippen molar-refractivity contribution >= 4 is 18.0 Å². The smallest absolute Gasteiger partial charge is 0.328 e. The maximum Gasteiger partial charge on any atom is 0.328 e. The number of rotatable bonds is 7. The van der Waals surface area contributed by atoms with Gasteiger partial charge in [-0.1, -0.05) is 6.07 Å². The highest BCUT2D eigenvalue weighted by atomic mass is 16.4. The standard InChI is InChI=1S/C15H19NO5/c1-11-8-12(2-3-14(19)20)10-13(9-11)15(21)16(4-6-17)5-7-18/h2-3,8-10,17-18H,4-7H2,1H3,(H,19,20)/b3-2+. The first kappa shape index (κ1) is 16.9. The maximum absolute atomic E-state index is 12.3. The molecule has 0 saturated carbocycles. The van der Waals surface area contributed by atoms with E-state index in [1.54, 1.807) is 25.1 Å². The number of hydrogen-bond donors (Lipinski definition) is 3. The first-order chi connectivity index (χ1) is 9.97. The zero-order chi connectivity index (χ0) is 15.8. The summed E-state index contributed by atoms with van der Waals surface area (Å²) in [5, 5.41) is 26.6. The molecular weight excluding hydrogens is 274 g/mol. The second kappa shape index (κ2) is 8.18. The Balaban J connectivity index is 3.05. The third-order valence-corrected chi connectivity index (χ3v) is 2.79. The summed E-state index contributed by atoms with van der Waals surface area (Å²) in [5.41, 5.74) is 1.81. The largest absolute Gasteiger partial charge is 0.478 e. The summed E-state index contributed by atoms with van der Waals surface area (Å²) in [4.78, 5) is 24.2. The van der Waals surface area contributed by atoms with E-state index in [1.165, 1.54) is 11.0 Å². The average molecular weight is 293 g/mol. The summed E-state index contributed by atoms with van der Waals surface area (Å²) < 4.78 is 0. The van der Waals surface area contributed by atoms with Crippen molar-refractivity contribution in [3.05, 3.63) is 41.0 Å². The van der Waals surface area contributed by atoms with Crippen LogP contribution in [0.4, 0.5) is 0 Å². The molecule has 0 fully saturated rings. The molecule has 0 atom stereocenters. The summed E-state index contributed by atoms with van der Waals surface area (Å²) in [6.07, 6.45) is 2.41. The third kappa shape index (κ3) is 5.37. The number of amides is 1. The third-order valence-electron chi connectivity index (χ3n) is 2.79. The number of benzene rings is 1. The average Bonchev–Trinajstić information content (AvgIpc) is 2.43. The molecule has 1 aromatic carbocycles. The Morgan fingerprint density at radius 1 is 1.14 bits per heavy atom. The van der Waals surface area contributed by atoms with E-state index >= 15 is 0 Å². The molecule has 0 unspecified atom stereocenters. The summed E-state index contributed by atoms with van der Waals surface area (Å²) in [5.74, 6) is -1.38. The normalized spacial score (nSPS) is 10.8. The molecule has 0 spiro atoms. The number of nitrogens with zero attached hydrogens (tertiary/aromatic N) is 1. The Labute approximate surface area is 122 Å². The van der Waals surface area contributed by atoms with Crippen LogP contribution in [0, 0.1) is 6.92 Å². The molecule has 6 heteroatoms. The molecule has 21 heavy (non-hydrogen) atoms. The van der Waals surface area contributed by atoms with E-state index < -0.39 is 5.97 Å². The van der Waals surface area contributed by atoms with Gasteiger partial charge in [0.25, 0.3) is 5.91 Å². The van der Waals surface area contributed by atoms with Gasteiger partial charge in [-0.25, -0.2) is 4.79 Å². The van der Waals surface area contributed by atoms with Gasteiger partial charge in [0.15, 0.2) is 0 Å². The molecule has 0 aromatic heterocycles. The molecule has 0 heterocycles. The predicted molar refractivity (Wildman–Crippen MR) is 77.9 cm³/mol. The SMILES string of the molecule is Cc1cc(/C=C/C(=O)O)cc(C(=O)N(CCO)CCO)c1. The van der Waals surface area contributed by atoms with E-state index in [2.05, 4.69) is 0 Å². The lowest BCUT2D eigenvalue weighted by Crippen LogP contribution is -2.35. The van der Waals surface area contributed by atoms with Crippen LogP contribution in [0.3, 0.4) is 0 Å². The van der Waals surface area contributed by atoms with Gasteiger partial charge < -0.3 is 20.2 Å². The second-order valence-electron chi connectivity index (χ2n) is 4.54. The van der Waals surface area contributed by atoms with E-state index in [1.807, 2.05) is 0 Å². The molecule has 0 aliphatic heterocycles. The first-order valence-electron chi connectivity index (χ1n) is 6.51. The number of carbonyl (C=O) groups is 2. The highest BCUT2D eigenvalue weighted by Gasteiger charge is 2.15. The number of aliphatic carboxylic acids is 1. The van der Waals surface area contributed by atoms with Crippen molar-refractivity contribution in [2.75, 3.05) is 26.3 Å². The summed E-state index contributed by atoms with van der Waals surface area (Å²) >= 11 is 0. The highest BCUT2D eigenvalue weighted by Crippen LogP contribution is 2.13. The first-order valence-corrected chi connectivity index (χ1v) is 6.51. The molecule has 0 bridgehead atoms. The van der Waals surface area contributed by atoms with Gasteiger partial charge in [-0.15, -0.1) is 0 Å². The number of aryl methyl sites for hydroxylation is 1. The fourth-order valence-electron chi connectivity index (χ4n) is 1.94. The Kier molecular flexibility index (Phi) is 6.58. The van der Waals surface area contributed by atoms with Crippen molar-refractivity contribution in [3.63, 3.8) is 0 Å². The van der Waals surface area contributed by atoms with Crippen molar-refractivity contribution < 1.29 is 24.9 Å². The Bertz CT molecular complexity index is 533. The van der Waals surface area contributed by atoms with Crippen molar-refractivity contribution in [2.24, 2.45) is 0 Å². The summed E-state index contributed by atoms with van der Waals surface area (Å²) in [6.45, 7) is 1.69. The van der Waals surface area contributed by atoms with Crippen LogP contribution in [0.2, 0.25) is 0 Å². The molecule has 0 radical (unpaired) electrons. The zero-order valence-electron chi connectivity index (χ0n) is 11.8. The van der Waals surface area contributed by atoms with Gasteiger partial charge in [-0.2, -0.15) is 0 Å². The molecule has 0 aliphatic rings. The summed E-state index contributed by atoms with van der Waals surface area (Å²) in [6, 6.07) is 5.03. The van der Waals surface area contributed by atoms with Gasteiger partial charge in [0.1, 0.15) is 0 Å². The van der Waals surface area contributed by atoms with Crippen LogP contribution in [0.5, 0.6) is 0 Å². The molecule has 1 aromatic rings. The van der Waals surface area contributed by atoms with Crippen LogP contribution in [0.1, 0.15) is 21.5 Å². The van der Waals surface area contributed by atoms with Crippen molar-refractivity contribution in [3.8, 4) is 0 Å². The van der Waals surface area contributed by atoms with Crippen molar-refractivity contribution in [2.45, 2.75) is 6.92 Å². The van der Waals surface area contributed by atoms with Crippen LogP contribution in [0.25, 0.3) is 6.08 Å². The Hall–Kier alpha value is -2.18. The van der Waals surface area contributed by atoms with Gasteiger partial charge in [0, 0.05) is 24.7 Å². The van der Waals surface area contributed by atoms with E-state index in [4.69, 9.17) is 15.3 Å². The van der Waals surface area contributed by atoms with Crippen LogP contribution in [0.15, 0.2) is 24.3 Å². The van der Waals surface area contributed by atoms with E-state index in [0.717, 1.165) is 11.6 Å². The molecule has 6 nitrogen and oxygen atoms in total. The lowest BCUT2D eigenvalue weighted by atomic mass is 10.0. The fourth-order valence-corrected chi connectivity index (χ4v) is 1.94. The maximum atomic E-state index is 12.3. The van der Waals surface area contributed by atoms with E-state index in [0.29, 0.717) is 11.1 Å². The van der Waals surface area contributed by atoms with Crippen molar-refractivity contribution in [1.29, 1.82) is 0 Å². The minimum Gasteiger partial charge on any atom is -0.478 e. The molecule has 3 N–H and O–H groups in total. The van der Waals surface area contributed by atoms with Crippen molar-refractivity contribution in [1.82, 2.24) is 4.90 Å². The topological polar surface area (TPSA) is 98.1 Å². The van der Waals surface area contributed by atoms with Gasteiger partial charge in [-0.3, -0.25) is 4.79 Å². The quantitative estimate of drug-likeness (QED) is 0.637. The minimum absolute atomic E-state index is 0.133. The molecule has 1 amide bonds. The molecule has 1 rings (SSSR count). The summed E-state index contributed by atoms with van der Waals surface area (Å²) in [7, 11) is 0.